The number of fused-ring (bicyclic) bond motifs is 1. The summed E-state index contributed by atoms with van der Waals surface area (Å²) >= 11 is 0. The Morgan fingerprint density at radius 2 is 2.00 bits per heavy atom. The second-order valence-electron chi connectivity index (χ2n) is 6.34. The van der Waals surface area contributed by atoms with Crippen molar-refractivity contribution in [3.05, 3.63) is 36.2 Å². The molecular weight excluding hydrogens is 306 g/mol. The van der Waals surface area contributed by atoms with Crippen LogP contribution in [0.3, 0.4) is 0 Å². The molecular formula is C17H21N5O2. The number of carbonyl (C=O) groups excluding carboxylic acids is 1. The normalized spacial score (nSPS) is 21.5. The van der Waals surface area contributed by atoms with Crippen LogP contribution >= 0.6 is 0 Å². The molecule has 1 amide bonds. The van der Waals surface area contributed by atoms with Gasteiger partial charge in [0, 0.05) is 31.7 Å². The highest BCUT2D eigenvalue weighted by molar-refractivity contribution is 5.81. The molecule has 24 heavy (non-hydrogen) atoms. The molecule has 2 aromatic rings. The number of carbonyl (C=O) groups is 1. The number of rotatable bonds is 2. The lowest BCUT2D eigenvalue weighted by Gasteiger charge is -2.34. The van der Waals surface area contributed by atoms with Gasteiger partial charge < -0.3 is 19.1 Å². The second-order valence-corrected chi connectivity index (χ2v) is 6.34. The topological polar surface area (TPSA) is 63.5 Å². The smallest absolute Gasteiger partial charge is 0.253 e. The van der Waals surface area contributed by atoms with Crippen molar-refractivity contribution in [1.29, 1.82) is 0 Å². The van der Waals surface area contributed by atoms with Crippen LogP contribution in [-0.4, -0.2) is 69.9 Å². The van der Waals surface area contributed by atoms with E-state index in [-0.39, 0.29) is 12.0 Å². The minimum absolute atomic E-state index is 0.0528. The number of morpholine rings is 1. The Labute approximate surface area is 140 Å². The van der Waals surface area contributed by atoms with Gasteiger partial charge in [-0.25, -0.2) is 0 Å². The van der Waals surface area contributed by atoms with Crippen molar-refractivity contribution in [2.75, 3.05) is 33.3 Å². The maximum Gasteiger partial charge on any atom is 0.253 e. The highest BCUT2D eigenvalue weighted by Crippen LogP contribution is 2.22. The summed E-state index contributed by atoms with van der Waals surface area (Å²) in [4.78, 5) is 16.7. The van der Waals surface area contributed by atoms with Gasteiger partial charge in [-0.1, -0.05) is 30.3 Å². The number of hydrogen-bond donors (Lipinski definition) is 0. The Morgan fingerprint density at radius 3 is 2.79 bits per heavy atom. The van der Waals surface area contributed by atoms with E-state index in [1.807, 2.05) is 42.3 Å². The first kappa shape index (κ1) is 15.3. The zero-order valence-electron chi connectivity index (χ0n) is 13.8. The average Bonchev–Trinajstić information content (AvgIpc) is 3.05. The molecule has 0 spiro atoms. The van der Waals surface area contributed by atoms with Gasteiger partial charge in [0.15, 0.2) is 11.6 Å². The lowest BCUT2D eigenvalue weighted by atomic mass is 10.2. The highest BCUT2D eigenvalue weighted by atomic mass is 16.5. The summed E-state index contributed by atoms with van der Waals surface area (Å²) in [5.41, 5.74) is 1.05. The van der Waals surface area contributed by atoms with Crippen molar-refractivity contribution in [3.8, 4) is 11.4 Å². The first-order valence-electron chi connectivity index (χ1n) is 8.29. The fourth-order valence-electron chi connectivity index (χ4n) is 3.28. The van der Waals surface area contributed by atoms with Crippen LogP contribution in [0.5, 0.6) is 0 Å². The molecule has 2 aliphatic rings. The van der Waals surface area contributed by atoms with Crippen LogP contribution in [0.15, 0.2) is 30.3 Å². The van der Waals surface area contributed by atoms with Crippen molar-refractivity contribution < 1.29 is 9.53 Å². The van der Waals surface area contributed by atoms with Crippen molar-refractivity contribution in [3.63, 3.8) is 0 Å². The predicted octanol–water partition coefficient (Wildman–Crippen LogP) is 0.618. The van der Waals surface area contributed by atoms with E-state index in [0.29, 0.717) is 32.8 Å². The largest absolute Gasteiger partial charge is 0.366 e. The summed E-state index contributed by atoms with van der Waals surface area (Å²) in [5, 5.41) is 8.62. The lowest BCUT2D eigenvalue weighted by Crippen LogP contribution is -2.51. The van der Waals surface area contributed by atoms with Crippen LogP contribution in [-0.2, 0) is 22.6 Å². The zero-order chi connectivity index (χ0) is 16.5. The number of aromatic nitrogens is 3. The van der Waals surface area contributed by atoms with E-state index < -0.39 is 0 Å². The number of amides is 1. The third kappa shape index (κ3) is 2.81. The molecule has 0 saturated carbocycles. The summed E-state index contributed by atoms with van der Waals surface area (Å²) in [7, 11) is 2.02. The molecule has 3 heterocycles. The van der Waals surface area contributed by atoms with Crippen molar-refractivity contribution in [2.24, 2.45) is 0 Å². The Morgan fingerprint density at radius 1 is 1.17 bits per heavy atom. The van der Waals surface area contributed by atoms with Crippen LogP contribution < -0.4 is 0 Å². The average molecular weight is 327 g/mol. The van der Waals surface area contributed by atoms with E-state index in [1.54, 1.807) is 0 Å². The van der Waals surface area contributed by atoms with E-state index >= 15 is 0 Å². The first-order valence-corrected chi connectivity index (χ1v) is 8.29. The second kappa shape index (κ2) is 6.33. The number of nitrogens with zero attached hydrogens (tertiary/aromatic N) is 5. The van der Waals surface area contributed by atoms with E-state index in [0.717, 1.165) is 23.8 Å². The molecule has 7 nitrogen and oxygen atoms in total. The lowest BCUT2D eigenvalue weighted by molar-refractivity contribution is -0.150. The molecule has 4 rings (SSSR count). The third-order valence-electron chi connectivity index (χ3n) is 4.64. The standard InChI is InChI=1S/C17H21N5O2/c1-20-9-10-24-14(11-20)17(23)21-7-8-22-15(12-21)18-19-16(22)13-5-3-2-4-6-13/h2-6,14H,7-12H2,1H3. The minimum atomic E-state index is -0.369. The van der Waals surface area contributed by atoms with Gasteiger partial charge in [-0.3, -0.25) is 4.79 Å². The molecule has 1 atom stereocenters. The Kier molecular flexibility index (Phi) is 4.03. The molecule has 1 fully saturated rings. The minimum Gasteiger partial charge on any atom is -0.366 e. The van der Waals surface area contributed by atoms with Gasteiger partial charge in [0.25, 0.3) is 5.91 Å². The van der Waals surface area contributed by atoms with Crippen LogP contribution in [0.25, 0.3) is 11.4 Å². The SMILES string of the molecule is CN1CCOC(C(=O)N2CCn3c(nnc3-c3ccccc3)C2)C1. The summed E-state index contributed by atoms with van der Waals surface area (Å²) < 4.78 is 7.75. The van der Waals surface area contributed by atoms with E-state index in [4.69, 9.17) is 4.74 Å². The molecule has 0 radical (unpaired) electrons. The van der Waals surface area contributed by atoms with Crippen molar-refractivity contribution >= 4 is 5.91 Å². The number of hydrogen-bond acceptors (Lipinski definition) is 5. The number of ether oxygens (including phenoxy) is 1. The van der Waals surface area contributed by atoms with E-state index in [9.17, 15) is 4.79 Å². The fourth-order valence-corrected chi connectivity index (χ4v) is 3.28. The van der Waals surface area contributed by atoms with Gasteiger partial charge in [-0.05, 0) is 7.05 Å². The van der Waals surface area contributed by atoms with Gasteiger partial charge in [0.05, 0.1) is 13.2 Å². The maximum atomic E-state index is 12.7. The van der Waals surface area contributed by atoms with E-state index in [2.05, 4.69) is 19.7 Å². The molecule has 1 aromatic carbocycles. The van der Waals surface area contributed by atoms with Crippen LogP contribution in [0.2, 0.25) is 0 Å². The van der Waals surface area contributed by atoms with Gasteiger partial charge in [0.1, 0.15) is 6.10 Å². The molecule has 1 aromatic heterocycles. The Bertz CT molecular complexity index is 730. The van der Waals surface area contributed by atoms with Crippen LogP contribution in [0.1, 0.15) is 5.82 Å². The summed E-state index contributed by atoms with van der Waals surface area (Å²) in [6.45, 7) is 3.99. The molecule has 1 unspecified atom stereocenters. The van der Waals surface area contributed by atoms with Gasteiger partial charge in [-0.15, -0.1) is 10.2 Å². The van der Waals surface area contributed by atoms with Gasteiger partial charge >= 0.3 is 0 Å². The Balaban J connectivity index is 1.51. The molecule has 0 N–H and O–H groups in total. The van der Waals surface area contributed by atoms with Gasteiger partial charge in [-0.2, -0.15) is 0 Å². The highest BCUT2D eigenvalue weighted by Gasteiger charge is 2.32. The van der Waals surface area contributed by atoms with Crippen molar-refractivity contribution in [2.45, 2.75) is 19.2 Å². The van der Waals surface area contributed by atoms with Gasteiger partial charge in [0.2, 0.25) is 0 Å². The van der Waals surface area contributed by atoms with Crippen molar-refractivity contribution in [1.82, 2.24) is 24.6 Å². The predicted molar refractivity (Wildman–Crippen MR) is 88.1 cm³/mol. The van der Waals surface area contributed by atoms with Crippen LogP contribution in [0, 0.1) is 0 Å². The molecule has 7 heteroatoms. The quantitative estimate of drug-likeness (QED) is 0.809. The fraction of sp³-hybridized carbons (Fsp3) is 0.471. The summed E-state index contributed by atoms with van der Waals surface area (Å²) in [6, 6.07) is 10.0. The third-order valence-corrected chi connectivity index (χ3v) is 4.64. The number of benzene rings is 1. The monoisotopic (exact) mass is 327 g/mol. The summed E-state index contributed by atoms with van der Waals surface area (Å²) in [6.07, 6.45) is -0.369. The zero-order valence-corrected chi connectivity index (χ0v) is 13.8. The Hall–Kier alpha value is -2.25. The number of likely N-dealkylation sites (N-methyl/N-ethyl adjacent to an activating group) is 1. The molecule has 1 saturated heterocycles. The van der Waals surface area contributed by atoms with E-state index in [1.165, 1.54) is 0 Å². The maximum absolute atomic E-state index is 12.7. The molecule has 0 bridgehead atoms. The molecule has 0 aliphatic carbocycles. The molecule has 126 valence electrons. The van der Waals surface area contributed by atoms with Crippen LogP contribution in [0.4, 0.5) is 0 Å². The first-order chi connectivity index (χ1) is 11.7. The summed E-state index contributed by atoms with van der Waals surface area (Å²) in [5.74, 6) is 1.75. The molecule has 2 aliphatic heterocycles.